The SMILES string of the molecule is CC(C)(C)OC(=O)N1CCCC[C@H]1COC1=NS(=O)(=O)c2ccccc21. The fourth-order valence-electron chi connectivity index (χ4n) is 3.09. The zero-order valence-corrected chi connectivity index (χ0v) is 16.1. The van der Waals surface area contributed by atoms with Crippen LogP contribution in [-0.2, 0) is 19.5 Å². The number of amides is 1. The highest BCUT2D eigenvalue weighted by Crippen LogP contribution is 2.27. The Morgan fingerprint density at radius 2 is 2.00 bits per heavy atom. The van der Waals surface area contributed by atoms with E-state index in [4.69, 9.17) is 9.47 Å². The summed E-state index contributed by atoms with van der Waals surface area (Å²) < 4.78 is 39.1. The van der Waals surface area contributed by atoms with Crippen molar-refractivity contribution in [2.24, 2.45) is 4.40 Å². The fourth-order valence-corrected chi connectivity index (χ4v) is 4.24. The van der Waals surface area contributed by atoms with Gasteiger partial charge in [0.15, 0.2) is 0 Å². The number of fused-ring (bicyclic) bond motifs is 1. The van der Waals surface area contributed by atoms with Gasteiger partial charge >= 0.3 is 6.09 Å². The van der Waals surface area contributed by atoms with E-state index >= 15 is 0 Å². The van der Waals surface area contributed by atoms with E-state index in [9.17, 15) is 13.2 Å². The molecule has 0 saturated carbocycles. The summed E-state index contributed by atoms with van der Waals surface area (Å²) in [4.78, 5) is 14.3. The first-order valence-electron chi connectivity index (χ1n) is 8.74. The number of benzene rings is 1. The van der Waals surface area contributed by atoms with Crippen LogP contribution in [0.5, 0.6) is 0 Å². The summed E-state index contributed by atoms with van der Waals surface area (Å²) in [7, 11) is -3.70. The van der Waals surface area contributed by atoms with Crippen LogP contribution in [0.3, 0.4) is 0 Å². The minimum atomic E-state index is -3.70. The molecule has 2 heterocycles. The molecule has 142 valence electrons. The van der Waals surface area contributed by atoms with Crippen LogP contribution in [0.15, 0.2) is 33.6 Å². The van der Waals surface area contributed by atoms with Crippen LogP contribution in [0.25, 0.3) is 0 Å². The average Bonchev–Trinajstić information content (AvgIpc) is 2.83. The van der Waals surface area contributed by atoms with E-state index in [1.807, 2.05) is 20.8 Å². The van der Waals surface area contributed by atoms with Gasteiger partial charge in [0.1, 0.15) is 17.1 Å². The van der Waals surface area contributed by atoms with Crippen molar-refractivity contribution in [1.29, 1.82) is 0 Å². The molecule has 0 spiro atoms. The maximum atomic E-state index is 12.4. The van der Waals surface area contributed by atoms with Crippen molar-refractivity contribution in [3.8, 4) is 0 Å². The van der Waals surface area contributed by atoms with Crippen LogP contribution in [-0.4, -0.2) is 50.1 Å². The lowest BCUT2D eigenvalue weighted by Gasteiger charge is -2.36. The van der Waals surface area contributed by atoms with Crippen molar-refractivity contribution in [3.05, 3.63) is 29.8 Å². The van der Waals surface area contributed by atoms with Crippen molar-refractivity contribution < 1.29 is 22.7 Å². The molecule has 2 aliphatic rings. The molecule has 0 bridgehead atoms. The molecule has 8 heteroatoms. The lowest BCUT2D eigenvalue weighted by Crippen LogP contribution is -2.48. The first-order chi connectivity index (χ1) is 12.2. The molecule has 0 radical (unpaired) electrons. The predicted molar refractivity (Wildman–Crippen MR) is 96.7 cm³/mol. The van der Waals surface area contributed by atoms with Crippen LogP contribution in [0.1, 0.15) is 45.6 Å². The van der Waals surface area contributed by atoms with E-state index in [-0.39, 0.29) is 29.5 Å². The fraction of sp³-hybridized carbons (Fsp3) is 0.556. The highest BCUT2D eigenvalue weighted by atomic mass is 32.2. The van der Waals surface area contributed by atoms with E-state index in [1.165, 1.54) is 6.07 Å². The third kappa shape index (κ3) is 4.00. The third-order valence-corrected chi connectivity index (χ3v) is 5.58. The molecule has 1 aromatic carbocycles. The molecule has 1 amide bonds. The van der Waals surface area contributed by atoms with E-state index < -0.39 is 15.6 Å². The highest BCUT2D eigenvalue weighted by Gasteiger charge is 2.33. The van der Waals surface area contributed by atoms with Crippen LogP contribution >= 0.6 is 0 Å². The Morgan fingerprint density at radius 3 is 2.73 bits per heavy atom. The number of hydrogen-bond donors (Lipinski definition) is 0. The molecule has 0 aliphatic carbocycles. The minimum Gasteiger partial charge on any atom is -0.475 e. The van der Waals surface area contributed by atoms with Gasteiger partial charge in [-0.2, -0.15) is 8.42 Å². The Hall–Kier alpha value is -2.09. The number of carbonyl (C=O) groups excluding carboxylic acids is 1. The molecule has 0 aromatic heterocycles. The van der Waals surface area contributed by atoms with Gasteiger partial charge in [-0.15, -0.1) is 4.40 Å². The molecular formula is C18H24N2O5S. The number of ether oxygens (including phenoxy) is 2. The molecule has 1 fully saturated rings. The van der Waals surface area contributed by atoms with Gasteiger partial charge in [0.05, 0.1) is 11.6 Å². The molecule has 1 atom stereocenters. The molecule has 2 aliphatic heterocycles. The van der Waals surface area contributed by atoms with Crippen molar-refractivity contribution in [2.45, 2.75) is 56.6 Å². The van der Waals surface area contributed by atoms with Gasteiger partial charge < -0.3 is 14.4 Å². The Bertz CT molecular complexity index is 826. The van der Waals surface area contributed by atoms with Crippen molar-refractivity contribution in [3.63, 3.8) is 0 Å². The van der Waals surface area contributed by atoms with Gasteiger partial charge in [-0.05, 0) is 52.2 Å². The normalized spacial score (nSPS) is 21.7. The summed E-state index contributed by atoms with van der Waals surface area (Å²) in [5.41, 5.74) is -0.102. The van der Waals surface area contributed by atoms with Crippen molar-refractivity contribution in [1.82, 2.24) is 4.90 Å². The topological polar surface area (TPSA) is 85.3 Å². The van der Waals surface area contributed by atoms with Gasteiger partial charge in [-0.1, -0.05) is 12.1 Å². The number of carbonyl (C=O) groups is 1. The smallest absolute Gasteiger partial charge is 0.410 e. The quantitative estimate of drug-likeness (QED) is 0.787. The Balaban J connectivity index is 1.71. The summed E-state index contributed by atoms with van der Waals surface area (Å²) in [5.74, 6) is 0.0929. The van der Waals surface area contributed by atoms with Gasteiger partial charge in [0.2, 0.25) is 5.90 Å². The summed E-state index contributed by atoms with van der Waals surface area (Å²) in [6.07, 6.45) is 2.30. The third-order valence-electron chi connectivity index (χ3n) is 4.27. The second-order valence-electron chi connectivity index (χ2n) is 7.50. The van der Waals surface area contributed by atoms with E-state index in [2.05, 4.69) is 4.40 Å². The number of sulfonamides is 1. The number of nitrogens with zero attached hydrogens (tertiary/aromatic N) is 2. The summed E-state index contributed by atoms with van der Waals surface area (Å²) in [6, 6.07) is 6.41. The summed E-state index contributed by atoms with van der Waals surface area (Å²) in [6.45, 7) is 6.27. The number of hydrogen-bond acceptors (Lipinski definition) is 5. The van der Waals surface area contributed by atoms with Gasteiger partial charge in [-0.25, -0.2) is 4.79 Å². The van der Waals surface area contributed by atoms with Gasteiger partial charge in [0.25, 0.3) is 10.0 Å². The Kier molecular flexibility index (Phi) is 4.96. The average molecular weight is 380 g/mol. The Morgan fingerprint density at radius 1 is 1.27 bits per heavy atom. The monoisotopic (exact) mass is 380 g/mol. The highest BCUT2D eigenvalue weighted by molar-refractivity contribution is 7.90. The standard InChI is InChI=1S/C18H24N2O5S/c1-18(2,3)25-17(21)20-11-7-6-8-13(20)12-24-16-14-9-4-5-10-15(14)26(22,23)19-16/h4-5,9-10,13H,6-8,11-12H2,1-3H3/t13-/m0/s1. The maximum Gasteiger partial charge on any atom is 0.410 e. The van der Waals surface area contributed by atoms with Crippen LogP contribution in [0.4, 0.5) is 4.79 Å². The molecule has 1 aromatic rings. The Labute approximate surface area is 154 Å². The van der Waals surface area contributed by atoms with Crippen LogP contribution in [0, 0.1) is 0 Å². The molecule has 1 saturated heterocycles. The summed E-state index contributed by atoms with van der Waals surface area (Å²) >= 11 is 0. The summed E-state index contributed by atoms with van der Waals surface area (Å²) in [5, 5.41) is 0. The number of piperidine rings is 1. The first kappa shape index (κ1) is 18.7. The number of rotatable bonds is 2. The van der Waals surface area contributed by atoms with E-state index in [1.54, 1.807) is 23.1 Å². The second-order valence-corrected chi connectivity index (χ2v) is 9.07. The molecule has 26 heavy (non-hydrogen) atoms. The minimum absolute atomic E-state index is 0.0929. The van der Waals surface area contributed by atoms with E-state index in [0.29, 0.717) is 12.1 Å². The lowest BCUT2D eigenvalue weighted by molar-refractivity contribution is 0.00289. The molecular weight excluding hydrogens is 356 g/mol. The molecule has 0 unspecified atom stereocenters. The van der Waals surface area contributed by atoms with Gasteiger partial charge in [0, 0.05) is 6.54 Å². The van der Waals surface area contributed by atoms with Crippen molar-refractivity contribution in [2.75, 3.05) is 13.2 Å². The predicted octanol–water partition coefficient (Wildman–Crippen LogP) is 2.94. The molecule has 7 nitrogen and oxygen atoms in total. The van der Waals surface area contributed by atoms with Crippen LogP contribution < -0.4 is 0 Å². The molecule has 0 N–H and O–H groups in total. The first-order valence-corrected chi connectivity index (χ1v) is 10.2. The zero-order chi connectivity index (χ0) is 18.9. The zero-order valence-electron chi connectivity index (χ0n) is 15.3. The second kappa shape index (κ2) is 6.90. The van der Waals surface area contributed by atoms with Gasteiger partial charge in [-0.3, -0.25) is 0 Å². The molecule has 3 rings (SSSR count). The largest absolute Gasteiger partial charge is 0.475 e. The lowest BCUT2D eigenvalue weighted by atomic mass is 10.0. The van der Waals surface area contributed by atoms with E-state index in [0.717, 1.165) is 19.3 Å². The number of likely N-dealkylation sites (tertiary alicyclic amines) is 1. The maximum absolute atomic E-state index is 12.4. The van der Waals surface area contributed by atoms with Crippen LogP contribution in [0.2, 0.25) is 0 Å². The van der Waals surface area contributed by atoms with Crippen molar-refractivity contribution >= 4 is 22.0 Å².